The van der Waals surface area contributed by atoms with E-state index in [1.165, 1.54) is 0 Å². The number of halogens is 2. The molecule has 3 rings (SSSR count). The Morgan fingerprint density at radius 3 is 2.81 bits per heavy atom. The van der Waals surface area contributed by atoms with Crippen molar-refractivity contribution < 1.29 is 4.52 Å². The van der Waals surface area contributed by atoms with Crippen LogP contribution in [0.1, 0.15) is 18.0 Å². The van der Waals surface area contributed by atoms with Crippen LogP contribution >= 0.6 is 46.7 Å². The quantitative estimate of drug-likeness (QED) is 0.792. The van der Waals surface area contributed by atoms with Crippen LogP contribution in [0.25, 0.3) is 11.5 Å². The SMILES string of the molecule is CC1SCCSC1c1noc(-c2cc(Cl)cc(Cl)c2N)n1. The number of nitrogens with zero attached hydrogens (tertiary/aromatic N) is 2. The molecular formula is C13H13Cl2N3OS2. The molecule has 2 heterocycles. The molecule has 0 bridgehead atoms. The predicted molar refractivity (Wildman–Crippen MR) is 91.3 cm³/mol. The van der Waals surface area contributed by atoms with Gasteiger partial charge in [0.05, 0.1) is 21.5 Å². The van der Waals surface area contributed by atoms with E-state index in [0.29, 0.717) is 38.3 Å². The maximum Gasteiger partial charge on any atom is 0.260 e. The summed E-state index contributed by atoms with van der Waals surface area (Å²) in [5, 5.41) is 5.66. The first-order valence-electron chi connectivity index (χ1n) is 6.38. The minimum atomic E-state index is 0.233. The molecule has 1 saturated heterocycles. The zero-order chi connectivity index (χ0) is 15.0. The summed E-state index contributed by atoms with van der Waals surface area (Å²) in [5.74, 6) is 3.30. The lowest BCUT2D eigenvalue weighted by atomic mass is 10.2. The molecule has 1 fully saturated rings. The van der Waals surface area contributed by atoms with Gasteiger partial charge in [0.15, 0.2) is 5.82 Å². The number of nitrogen functional groups attached to an aromatic ring is 1. The molecule has 4 nitrogen and oxygen atoms in total. The molecule has 21 heavy (non-hydrogen) atoms. The van der Waals surface area contributed by atoms with Gasteiger partial charge in [-0.3, -0.25) is 0 Å². The third-order valence-electron chi connectivity index (χ3n) is 3.21. The molecule has 8 heteroatoms. The molecule has 1 aromatic carbocycles. The number of nitrogens with two attached hydrogens (primary N) is 1. The molecule has 0 aliphatic carbocycles. The number of aromatic nitrogens is 2. The topological polar surface area (TPSA) is 64.9 Å². The summed E-state index contributed by atoms with van der Waals surface area (Å²) in [7, 11) is 0. The van der Waals surface area contributed by atoms with Crippen LogP contribution in [-0.2, 0) is 0 Å². The van der Waals surface area contributed by atoms with E-state index in [2.05, 4.69) is 17.1 Å². The summed E-state index contributed by atoms with van der Waals surface area (Å²) < 4.78 is 5.36. The second-order valence-electron chi connectivity index (χ2n) is 4.67. The van der Waals surface area contributed by atoms with E-state index in [1.54, 1.807) is 12.1 Å². The van der Waals surface area contributed by atoms with Crippen LogP contribution in [0.2, 0.25) is 10.0 Å². The molecular weight excluding hydrogens is 349 g/mol. The van der Waals surface area contributed by atoms with E-state index in [4.69, 9.17) is 33.5 Å². The first-order chi connectivity index (χ1) is 10.1. The molecule has 0 saturated carbocycles. The van der Waals surface area contributed by atoms with Gasteiger partial charge >= 0.3 is 0 Å². The summed E-state index contributed by atoms with van der Waals surface area (Å²) >= 11 is 15.8. The maximum atomic E-state index is 6.04. The van der Waals surface area contributed by atoms with Crippen LogP contribution in [0.3, 0.4) is 0 Å². The number of hydrogen-bond donors (Lipinski definition) is 1. The molecule has 112 valence electrons. The van der Waals surface area contributed by atoms with E-state index in [1.807, 2.05) is 23.5 Å². The molecule has 2 atom stereocenters. The highest BCUT2D eigenvalue weighted by Crippen LogP contribution is 2.42. The number of rotatable bonds is 2. The van der Waals surface area contributed by atoms with Crippen molar-refractivity contribution >= 4 is 52.4 Å². The molecule has 2 aromatic rings. The lowest BCUT2D eigenvalue weighted by Crippen LogP contribution is -2.16. The van der Waals surface area contributed by atoms with Gasteiger partial charge in [0.25, 0.3) is 5.89 Å². The highest BCUT2D eigenvalue weighted by atomic mass is 35.5. The van der Waals surface area contributed by atoms with Crippen molar-refractivity contribution in [2.24, 2.45) is 0 Å². The summed E-state index contributed by atoms with van der Waals surface area (Å²) in [6.07, 6.45) is 0. The van der Waals surface area contributed by atoms with E-state index < -0.39 is 0 Å². The van der Waals surface area contributed by atoms with Gasteiger partial charge in [0.2, 0.25) is 0 Å². The van der Waals surface area contributed by atoms with Crippen molar-refractivity contribution in [3.63, 3.8) is 0 Å². The fraction of sp³-hybridized carbons (Fsp3) is 0.385. The molecule has 2 N–H and O–H groups in total. The van der Waals surface area contributed by atoms with Gasteiger partial charge in [0, 0.05) is 21.8 Å². The third-order valence-corrected chi connectivity index (χ3v) is 6.83. The van der Waals surface area contributed by atoms with Crippen LogP contribution in [0.15, 0.2) is 16.7 Å². The highest BCUT2D eigenvalue weighted by Gasteiger charge is 2.29. The zero-order valence-corrected chi connectivity index (χ0v) is 14.3. The molecule has 1 aromatic heterocycles. The van der Waals surface area contributed by atoms with E-state index in [-0.39, 0.29) is 5.25 Å². The summed E-state index contributed by atoms with van der Waals surface area (Å²) in [5.41, 5.74) is 6.95. The Labute approximate surface area is 141 Å². The zero-order valence-electron chi connectivity index (χ0n) is 11.2. The van der Waals surface area contributed by atoms with Crippen LogP contribution < -0.4 is 5.73 Å². The molecule has 0 radical (unpaired) electrons. The fourth-order valence-corrected chi connectivity index (χ4v) is 5.31. The van der Waals surface area contributed by atoms with Crippen molar-refractivity contribution in [1.82, 2.24) is 10.1 Å². The second kappa shape index (κ2) is 6.28. The maximum absolute atomic E-state index is 6.04. The lowest BCUT2D eigenvalue weighted by Gasteiger charge is -2.24. The predicted octanol–water partition coefficient (Wildman–Crippen LogP) is 4.54. The second-order valence-corrected chi connectivity index (χ2v) is 8.25. The van der Waals surface area contributed by atoms with Crippen LogP contribution in [0.4, 0.5) is 5.69 Å². The van der Waals surface area contributed by atoms with Gasteiger partial charge in [-0.05, 0) is 12.1 Å². The lowest BCUT2D eigenvalue weighted by molar-refractivity contribution is 0.422. The first-order valence-corrected chi connectivity index (χ1v) is 9.23. The van der Waals surface area contributed by atoms with Gasteiger partial charge in [-0.15, -0.1) is 11.8 Å². The average molecular weight is 362 g/mol. The van der Waals surface area contributed by atoms with Gasteiger partial charge < -0.3 is 10.3 Å². The fourth-order valence-electron chi connectivity index (χ4n) is 2.14. The summed E-state index contributed by atoms with van der Waals surface area (Å²) in [6, 6.07) is 3.28. The van der Waals surface area contributed by atoms with Gasteiger partial charge in [-0.25, -0.2) is 0 Å². The Kier molecular flexibility index (Phi) is 4.59. The normalized spacial score (nSPS) is 22.4. The average Bonchev–Trinajstić information content (AvgIpc) is 2.92. The minimum absolute atomic E-state index is 0.233. The Morgan fingerprint density at radius 1 is 1.29 bits per heavy atom. The number of benzene rings is 1. The molecule has 2 unspecified atom stereocenters. The van der Waals surface area contributed by atoms with Crippen molar-refractivity contribution in [1.29, 1.82) is 0 Å². The summed E-state index contributed by atoms with van der Waals surface area (Å²) in [6.45, 7) is 2.18. The molecule has 0 amide bonds. The Hall–Kier alpha value is -0.560. The molecule has 0 spiro atoms. The van der Waals surface area contributed by atoms with Crippen LogP contribution in [0.5, 0.6) is 0 Å². The monoisotopic (exact) mass is 361 g/mol. The molecule has 1 aliphatic rings. The van der Waals surface area contributed by atoms with Gasteiger partial charge in [-0.2, -0.15) is 16.7 Å². The van der Waals surface area contributed by atoms with Crippen LogP contribution in [0, 0.1) is 0 Å². The van der Waals surface area contributed by atoms with Crippen molar-refractivity contribution in [3.8, 4) is 11.5 Å². The highest BCUT2D eigenvalue weighted by molar-refractivity contribution is 8.06. The summed E-state index contributed by atoms with van der Waals surface area (Å²) in [4.78, 5) is 4.49. The van der Waals surface area contributed by atoms with Crippen LogP contribution in [-0.4, -0.2) is 26.9 Å². The van der Waals surface area contributed by atoms with E-state index in [9.17, 15) is 0 Å². The number of hydrogen-bond acceptors (Lipinski definition) is 6. The molecule has 1 aliphatic heterocycles. The minimum Gasteiger partial charge on any atom is -0.397 e. The van der Waals surface area contributed by atoms with E-state index in [0.717, 1.165) is 11.5 Å². The first kappa shape index (κ1) is 15.3. The third kappa shape index (κ3) is 3.13. The smallest absolute Gasteiger partial charge is 0.260 e. The van der Waals surface area contributed by atoms with Crippen molar-refractivity contribution in [2.45, 2.75) is 17.4 Å². The van der Waals surface area contributed by atoms with Crippen molar-refractivity contribution in [3.05, 3.63) is 28.0 Å². The standard InChI is InChI=1S/C13H13Cl2N3OS2/c1-6-11(21-3-2-20-6)12-17-13(19-18-12)8-4-7(14)5-9(15)10(8)16/h4-6,11H,2-3,16H2,1H3. The van der Waals surface area contributed by atoms with Gasteiger partial charge in [-0.1, -0.05) is 35.3 Å². The largest absolute Gasteiger partial charge is 0.397 e. The van der Waals surface area contributed by atoms with Gasteiger partial charge in [0.1, 0.15) is 0 Å². The Bertz CT molecular complexity index is 665. The Morgan fingerprint density at radius 2 is 2.05 bits per heavy atom. The van der Waals surface area contributed by atoms with E-state index >= 15 is 0 Å². The number of thioether (sulfide) groups is 2. The number of anilines is 1. The van der Waals surface area contributed by atoms with Crippen molar-refractivity contribution in [2.75, 3.05) is 17.2 Å². The Balaban J connectivity index is 1.95.